The van der Waals surface area contributed by atoms with E-state index in [9.17, 15) is 20.1 Å². The number of rotatable bonds is 5. The lowest BCUT2D eigenvalue weighted by atomic mass is 10.1. The Morgan fingerprint density at radius 2 is 1.42 bits per heavy atom. The van der Waals surface area contributed by atoms with E-state index < -0.39 is 5.97 Å². The molecule has 0 amide bonds. The Morgan fingerprint density at radius 1 is 0.935 bits per heavy atom. The van der Waals surface area contributed by atoms with E-state index in [-0.39, 0.29) is 17.1 Å². The number of aliphatic hydroxyl groups excluding tert-OH is 2. The van der Waals surface area contributed by atoms with Gasteiger partial charge in [-0.2, -0.15) is 9.97 Å². The molecule has 2 aliphatic heterocycles. The van der Waals surface area contributed by atoms with Gasteiger partial charge < -0.3 is 25.1 Å². The summed E-state index contributed by atoms with van der Waals surface area (Å²) >= 11 is 1.06. The molecule has 4 heterocycles. The number of carboxylic acids is 1. The highest BCUT2D eigenvalue weighted by Crippen LogP contribution is 2.33. The van der Waals surface area contributed by atoms with Gasteiger partial charge in [0.05, 0.1) is 17.9 Å². The maximum Gasteiger partial charge on any atom is 0.347 e. The Morgan fingerprint density at radius 3 is 1.84 bits per heavy atom. The third-order valence-corrected chi connectivity index (χ3v) is 6.89. The molecule has 0 unspecified atom stereocenters. The van der Waals surface area contributed by atoms with Gasteiger partial charge in [0.1, 0.15) is 16.5 Å². The summed E-state index contributed by atoms with van der Waals surface area (Å²) in [6.07, 6.45) is 2.17. The van der Waals surface area contributed by atoms with Crippen molar-refractivity contribution in [1.29, 1.82) is 0 Å². The van der Waals surface area contributed by atoms with E-state index in [2.05, 4.69) is 20.1 Å². The number of aromatic carboxylic acids is 1. The van der Waals surface area contributed by atoms with Crippen LogP contribution >= 0.6 is 11.3 Å². The molecular formula is C20H28N6O4S. The number of thiazole rings is 1. The Balaban J connectivity index is 1.68. The summed E-state index contributed by atoms with van der Waals surface area (Å²) in [6, 6.07) is 0. The first kappa shape index (κ1) is 21.7. The molecule has 0 saturated carbocycles. The third-order valence-electron chi connectivity index (χ3n) is 5.83. The van der Waals surface area contributed by atoms with E-state index in [0.717, 1.165) is 28.5 Å². The molecule has 4 N–H and O–H groups in total. The second-order valence-electron chi connectivity index (χ2n) is 8.12. The van der Waals surface area contributed by atoms with Crippen molar-refractivity contribution in [3.8, 4) is 0 Å². The predicted molar refractivity (Wildman–Crippen MR) is 119 cm³/mol. The second-order valence-corrected chi connectivity index (χ2v) is 9.12. The number of carboxylic acid groups (broad SMARTS) is 1. The van der Waals surface area contributed by atoms with Crippen molar-refractivity contribution in [2.45, 2.75) is 51.7 Å². The van der Waals surface area contributed by atoms with E-state index >= 15 is 0 Å². The zero-order chi connectivity index (χ0) is 22.1. The summed E-state index contributed by atoms with van der Waals surface area (Å²) in [5.41, 5.74) is 1.41. The summed E-state index contributed by atoms with van der Waals surface area (Å²) in [5.74, 6) is 0.959. The lowest BCUT2D eigenvalue weighted by Crippen LogP contribution is -2.39. The highest BCUT2D eigenvalue weighted by atomic mass is 32.1. The van der Waals surface area contributed by atoms with Gasteiger partial charge in [-0.25, -0.2) is 9.78 Å². The first-order valence-corrected chi connectivity index (χ1v) is 11.4. The van der Waals surface area contributed by atoms with Gasteiger partial charge in [0.15, 0.2) is 5.13 Å². The van der Waals surface area contributed by atoms with E-state index in [1.165, 1.54) is 0 Å². The highest BCUT2D eigenvalue weighted by molar-refractivity contribution is 7.17. The maximum absolute atomic E-state index is 11.4. The largest absolute Gasteiger partial charge is 0.477 e. The van der Waals surface area contributed by atoms with Crippen molar-refractivity contribution in [3.63, 3.8) is 0 Å². The molecule has 0 atom stereocenters. The van der Waals surface area contributed by atoms with E-state index in [0.29, 0.717) is 68.6 Å². The van der Waals surface area contributed by atoms with Crippen molar-refractivity contribution >= 4 is 40.0 Å². The average Bonchev–Trinajstić information content (AvgIpc) is 3.11. The van der Waals surface area contributed by atoms with Crippen LogP contribution in [-0.2, 0) is 0 Å². The van der Waals surface area contributed by atoms with Gasteiger partial charge in [-0.15, -0.1) is 0 Å². The standard InChI is InChI=1S/C20H28N6O4S/c1-11-16(25-7-3-13(27)4-8-25)22-19(23-17(11)26-9-5-14(28)6-10-26)24-20-21-12(2)15(31-20)18(29)30/h13-14,27-28H,3-10H2,1-2H3,(H,29,30)(H,21,22,23,24). The fourth-order valence-corrected chi connectivity index (χ4v) is 4.86. The molecule has 0 spiro atoms. The minimum atomic E-state index is -1.01. The molecular weight excluding hydrogens is 420 g/mol. The molecule has 2 saturated heterocycles. The van der Waals surface area contributed by atoms with Crippen LogP contribution < -0.4 is 15.1 Å². The van der Waals surface area contributed by atoms with Crippen molar-refractivity contribution in [2.75, 3.05) is 41.3 Å². The number of aliphatic hydroxyl groups is 2. The normalized spacial score (nSPS) is 18.5. The molecule has 0 aliphatic carbocycles. The van der Waals surface area contributed by atoms with Crippen LogP contribution in [0.15, 0.2) is 0 Å². The van der Waals surface area contributed by atoms with Crippen LogP contribution in [0.1, 0.15) is 46.6 Å². The molecule has 2 aromatic heterocycles. The van der Waals surface area contributed by atoms with Crippen LogP contribution in [0.2, 0.25) is 0 Å². The number of nitrogens with zero attached hydrogens (tertiary/aromatic N) is 5. The quantitative estimate of drug-likeness (QED) is 0.537. The van der Waals surface area contributed by atoms with Crippen molar-refractivity contribution in [3.05, 3.63) is 16.1 Å². The molecule has 2 aromatic rings. The zero-order valence-electron chi connectivity index (χ0n) is 17.7. The number of aromatic nitrogens is 3. The van der Waals surface area contributed by atoms with Crippen LogP contribution in [0.25, 0.3) is 0 Å². The van der Waals surface area contributed by atoms with Gasteiger partial charge in [0, 0.05) is 31.7 Å². The zero-order valence-corrected chi connectivity index (χ0v) is 18.5. The van der Waals surface area contributed by atoms with Gasteiger partial charge in [0.25, 0.3) is 0 Å². The second kappa shape index (κ2) is 8.93. The fourth-order valence-electron chi connectivity index (χ4n) is 4.06. The van der Waals surface area contributed by atoms with Gasteiger partial charge >= 0.3 is 5.97 Å². The number of piperidine rings is 2. The van der Waals surface area contributed by atoms with Crippen LogP contribution in [-0.4, -0.2) is 74.6 Å². The van der Waals surface area contributed by atoms with E-state index in [1.807, 2.05) is 6.92 Å². The molecule has 4 rings (SSSR count). The first-order valence-electron chi connectivity index (χ1n) is 10.5. The minimum Gasteiger partial charge on any atom is -0.477 e. The van der Waals surface area contributed by atoms with Crippen LogP contribution in [0.5, 0.6) is 0 Å². The molecule has 10 nitrogen and oxygen atoms in total. The Labute approximate surface area is 184 Å². The van der Waals surface area contributed by atoms with Crippen molar-refractivity contribution in [2.24, 2.45) is 0 Å². The lowest BCUT2D eigenvalue weighted by Gasteiger charge is -2.35. The number of aryl methyl sites for hydroxylation is 1. The molecule has 0 radical (unpaired) electrons. The van der Waals surface area contributed by atoms with Crippen LogP contribution in [0.3, 0.4) is 0 Å². The molecule has 11 heteroatoms. The van der Waals surface area contributed by atoms with Gasteiger partial charge in [0.2, 0.25) is 5.95 Å². The topological polar surface area (TPSA) is 135 Å². The average molecular weight is 449 g/mol. The summed E-state index contributed by atoms with van der Waals surface area (Å²) in [4.78, 5) is 29.6. The first-order chi connectivity index (χ1) is 14.8. The summed E-state index contributed by atoms with van der Waals surface area (Å²) in [5, 5.41) is 32.6. The number of hydrogen-bond donors (Lipinski definition) is 4. The molecule has 0 aromatic carbocycles. The Bertz CT molecular complexity index is 908. The Hall–Kier alpha value is -2.50. The molecule has 0 bridgehead atoms. The van der Waals surface area contributed by atoms with Gasteiger partial charge in [-0.05, 0) is 39.5 Å². The Kier molecular flexibility index (Phi) is 6.26. The monoisotopic (exact) mass is 448 g/mol. The molecule has 168 valence electrons. The fraction of sp³-hybridized carbons (Fsp3) is 0.600. The van der Waals surface area contributed by atoms with Gasteiger partial charge in [-0.3, -0.25) is 5.32 Å². The van der Waals surface area contributed by atoms with Crippen molar-refractivity contribution in [1.82, 2.24) is 15.0 Å². The minimum absolute atomic E-state index is 0.185. The number of nitrogens with one attached hydrogen (secondary N) is 1. The summed E-state index contributed by atoms with van der Waals surface area (Å²) in [7, 11) is 0. The number of anilines is 4. The molecule has 2 aliphatic rings. The summed E-state index contributed by atoms with van der Waals surface area (Å²) in [6.45, 7) is 6.48. The van der Waals surface area contributed by atoms with Crippen LogP contribution in [0.4, 0.5) is 22.7 Å². The SMILES string of the molecule is Cc1nc(Nc2nc(N3CCC(O)CC3)c(C)c(N3CCC(O)CC3)n2)sc1C(=O)O. The predicted octanol–water partition coefficient (Wildman–Crippen LogP) is 1.91. The summed E-state index contributed by atoms with van der Waals surface area (Å²) < 4.78 is 0. The van der Waals surface area contributed by atoms with E-state index in [4.69, 9.17) is 9.97 Å². The van der Waals surface area contributed by atoms with Gasteiger partial charge in [-0.1, -0.05) is 11.3 Å². The van der Waals surface area contributed by atoms with Crippen LogP contribution in [0, 0.1) is 13.8 Å². The molecule has 31 heavy (non-hydrogen) atoms. The number of hydrogen-bond acceptors (Lipinski definition) is 10. The third kappa shape index (κ3) is 4.73. The van der Waals surface area contributed by atoms with E-state index in [1.54, 1.807) is 6.92 Å². The number of carbonyl (C=O) groups is 1. The lowest BCUT2D eigenvalue weighted by molar-refractivity contribution is 0.0701. The highest BCUT2D eigenvalue weighted by Gasteiger charge is 2.26. The van der Waals surface area contributed by atoms with Crippen molar-refractivity contribution < 1.29 is 20.1 Å². The maximum atomic E-state index is 11.4. The molecule has 2 fully saturated rings. The smallest absolute Gasteiger partial charge is 0.347 e.